The van der Waals surface area contributed by atoms with Gasteiger partial charge in [0.1, 0.15) is 5.41 Å². The topological polar surface area (TPSA) is 35.5 Å². The first-order valence-electron chi connectivity index (χ1n) is 19.7. The number of hydrogen-bond acceptors (Lipinski definition) is 5. The Hall–Kier alpha value is -7.76. The van der Waals surface area contributed by atoms with Crippen LogP contribution in [0.3, 0.4) is 0 Å². The Morgan fingerprint density at radius 3 is 1.09 bits per heavy atom. The molecule has 9 aromatic rings. The average molecular weight is 744 g/mol. The van der Waals surface area contributed by atoms with Crippen molar-refractivity contribution in [2.75, 3.05) is 14.7 Å². The number of nitrogens with zero attached hydrogens (tertiary/aromatic N) is 5. The summed E-state index contributed by atoms with van der Waals surface area (Å²) in [7, 11) is 0. The predicted octanol–water partition coefficient (Wildman–Crippen LogP) is 13.6. The van der Waals surface area contributed by atoms with E-state index in [1.807, 2.05) is 24.5 Å². The van der Waals surface area contributed by atoms with Gasteiger partial charge in [0.2, 0.25) is 0 Å². The van der Waals surface area contributed by atoms with Crippen LogP contribution in [0.2, 0.25) is 0 Å². The molecule has 0 N–H and O–H groups in total. The lowest BCUT2D eigenvalue weighted by Gasteiger charge is -2.45. The first-order valence-corrected chi connectivity index (χ1v) is 19.7. The van der Waals surface area contributed by atoms with Gasteiger partial charge < -0.3 is 14.7 Å². The number of para-hydroxylation sites is 5. The van der Waals surface area contributed by atoms with Crippen LogP contribution in [0, 0.1) is 0 Å². The van der Waals surface area contributed by atoms with Gasteiger partial charge >= 0.3 is 0 Å². The van der Waals surface area contributed by atoms with E-state index in [1.165, 1.54) is 0 Å². The standard InChI is InChI=1S/C53H37N5/c1-6-18-38(19-7-1)56(39-20-8-2-9-21-39)43-30-32-49-47(36-43)53(51-45(28-16-34-54-51)46-29-17-35-55-52(46)53)48-37-44(31-33-50(48)58(49)42-26-14-5-15-27-42)57(40-22-10-3-11-23-40)41-24-12-4-13-25-41/h1-37H. The van der Waals surface area contributed by atoms with Crippen LogP contribution in [-0.2, 0) is 5.41 Å². The number of pyridine rings is 2. The Balaban J connectivity index is 1.26. The lowest BCUT2D eigenvalue weighted by Crippen LogP contribution is -2.38. The van der Waals surface area contributed by atoms with Gasteiger partial charge in [-0.25, -0.2) is 0 Å². The smallest absolute Gasteiger partial charge is 0.110 e. The Bertz CT molecular complexity index is 2640. The van der Waals surface area contributed by atoms with Gasteiger partial charge in [-0.1, -0.05) is 103 Å². The predicted molar refractivity (Wildman–Crippen MR) is 237 cm³/mol. The molecular weight excluding hydrogens is 707 g/mol. The Kier molecular flexibility index (Phi) is 7.97. The highest BCUT2D eigenvalue weighted by Crippen LogP contribution is 2.63. The molecule has 0 unspecified atom stereocenters. The largest absolute Gasteiger partial charge is 0.310 e. The summed E-state index contributed by atoms with van der Waals surface area (Å²) in [5.41, 5.74) is 15.1. The zero-order valence-electron chi connectivity index (χ0n) is 31.6. The van der Waals surface area contributed by atoms with Crippen molar-refractivity contribution in [3.8, 4) is 11.1 Å². The molecule has 0 fully saturated rings. The van der Waals surface area contributed by atoms with Crippen molar-refractivity contribution in [1.82, 2.24) is 9.97 Å². The van der Waals surface area contributed by atoms with Gasteiger partial charge in [-0.15, -0.1) is 0 Å². The van der Waals surface area contributed by atoms with Gasteiger partial charge in [-0.2, -0.15) is 0 Å². The molecule has 7 aromatic carbocycles. The molecule has 2 aromatic heterocycles. The van der Waals surface area contributed by atoms with E-state index in [0.29, 0.717) is 0 Å². The molecule has 1 aliphatic heterocycles. The van der Waals surface area contributed by atoms with Gasteiger partial charge in [0.15, 0.2) is 0 Å². The molecule has 58 heavy (non-hydrogen) atoms. The van der Waals surface area contributed by atoms with Crippen molar-refractivity contribution in [1.29, 1.82) is 0 Å². The Morgan fingerprint density at radius 1 is 0.345 bits per heavy atom. The Labute approximate surface area is 338 Å². The number of hydrogen-bond donors (Lipinski definition) is 0. The lowest BCUT2D eigenvalue weighted by molar-refractivity contribution is 0.701. The van der Waals surface area contributed by atoms with Gasteiger partial charge in [0, 0.05) is 74.5 Å². The zero-order chi connectivity index (χ0) is 38.5. The normalized spacial score (nSPS) is 12.9. The quantitative estimate of drug-likeness (QED) is 0.162. The van der Waals surface area contributed by atoms with Gasteiger partial charge in [0.25, 0.3) is 0 Å². The molecule has 0 atom stereocenters. The van der Waals surface area contributed by atoms with Gasteiger partial charge in [-0.05, 0) is 109 Å². The summed E-state index contributed by atoms with van der Waals surface area (Å²) in [6, 6.07) is 75.5. The lowest BCUT2D eigenvalue weighted by atomic mass is 9.67. The molecule has 0 amide bonds. The monoisotopic (exact) mass is 743 g/mol. The molecule has 2 aliphatic rings. The van der Waals surface area contributed by atoms with Gasteiger partial charge in [0.05, 0.1) is 22.8 Å². The highest BCUT2D eigenvalue weighted by Gasteiger charge is 2.54. The Morgan fingerprint density at radius 2 is 0.707 bits per heavy atom. The third-order valence-electron chi connectivity index (χ3n) is 11.5. The van der Waals surface area contributed by atoms with Crippen molar-refractivity contribution < 1.29 is 0 Å². The number of benzene rings is 7. The van der Waals surface area contributed by atoms with Crippen LogP contribution < -0.4 is 14.7 Å². The van der Waals surface area contributed by atoms with Crippen molar-refractivity contribution in [2.24, 2.45) is 0 Å². The van der Waals surface area contributed by atoms with E-state index >= 15 is 0 Å². The summed E-state index contributed by atoms with van der Waals surface area (Å²) in [4.78, 5) is 17.8. The third kappa shape index (κ3) is 5.17. The summed E-state index contributed by atoms with van der Waals surface area (Å²) in [5, 5.41) is 0. The number of aromatic nitrogens is 2. The average Bonchev–Trinajstić information content (AvgIpc) is 3.59. The highest BCUT2D eigenvalue weighted by atomic mass is 15.2. The molecule has 1 aliphatic carbocycles. The minimum Gasteiger partial charge on any atom is -0.310 e. The molecule has 11 rings (SSSR count). The molecule has 1 spiro atoms. The van der Waals surface area contributed by atoms with Crippen molar-refractivity contribution in [3.05, 3.63) is 247 Å². The fourth-order valence-corrected chi connectivity index (χ4v) is 9.12. The molecule has 274 valence electrons. The van der Waals surface area contributed by atoms with Crippen molar-refractivity contribution >= 4 is 51.2 Å². The maximum Gasteiger partial charge on any atom is 0.110 e. The van der Waals surface area contributed by atoms with E-state index in [9.17, 15) is 0 Å². The summed E-state index contributed by atoms with van der Waals surface area (Å²) < 4.78 is 0. The van der Waals surface area contributed by atoms with E-state index in [0.717, 1.165) is 84.8 Å². The fraction of sp³-hybridized carbons (Fsp3) is 0.0189. The molecular formula is C53H37N5. The van der Waals surface area contributed by atoms with E-state index in [1.54, 1.807) is 0 Å². The summed E-state index contributed by atoms with van der Waals surface area (Å²) in [6.07, 6.45) is 3.87. The van der Waals surface area contributed by atoms with Crippen LogP contribution in [0.4, 0.5) is 51.2 Å². The number of rotatable bonds is 7. The minimum absolute atomic E-state index is 0.868. The van der Waals surface area contributed by atoms with Crippen LogP contribution in [0.25, 0.3) is 11.1 Å². The van der Waals surface area contributed by atoms with Crippen LogP contribution in [0.1, 0.15) is 22.5 Å². The van der Waals surface area contributed by atoms with Crippen LogP contribution in [0.5, 0.6) is 0 Å². The maximum absolute atomic E-state index is 5.34. The molecule has 3 heterocycles. The van der Waals surface area contributed by atoms with Crippen molar-refractivity contribution in [2.45, 2.75) is 5.41 Å². The van der Waals surface area contributed by atoms with E-state index < -0.39 is 5.41 Å². The second-order valence-corrected chi connectivity index (χ2v) is 14.6. The molecule has 0 radical (unpaired) electrons. The van der Waals surface area contributed by atoms with E-state index in [2.05, 4.69) is 215 Å². The van der Waals surface area contributed by atoms with Crippen LogP contribution >= 0.6 is 0 Å². The second-order valence-electron chi connectivity index (χ2n) is 14.6. The molecule has 5 nitrogen and oxygen atoms in total. The molecule has 0 saturated carbocycles. The van der Waals surface area contributed by atoms with E-state index in [4.69, 9.17) is 9.97 Å². The molecule has 5 heteroatoms. The summed E-state index contributed by atoms with van der Waals surface area (Å²) in [6.45, 7) is 0. The second kappa shape index (κ2) is 13.8. The summed E-state index contributed by atoms with van der Waals surface area (Å²) in [5.74, 6) is 0. The summed E-state index contributed by atoms with van der Waals surface area (Å²) >= 11 is 0. The van der Waals surface area contributed by atoms with Crippen LogP contribution in [0.15, 0.2) is 225 Å². The highest BCUT2D eigenvalue weighted by molar-refractivity contribution is 5.97. The van der Waals surface area contributed by atoms with E-state index in [-0.39, 0.29) is 0 Å². The third-order valence-corrected chi connectivity index (χ3v) is 11.5. The molecule has 0 saturated heterocycles. The fourth-order valence-electron chi connectivity index (χ4n) is 9.12. The maximum atomic E-state index is 5.34. The van der Waals surface area contributed by atoms with Gasteiger partial charge in [-0.3, -0.25) is 9.97 Å². The zero-order valence-corrected chi connectivity index (χ0v) is 31.6. The van der Waals surface area contributed by atoms with Crippen molar-refractivity contribution in [3.63, 3.8) is 0 Å². The number of anilines is 9. The number of fused-ring (bicyclic) bond motifs is 9. The minimum atomic E-state index is -0.868. The first kappa shape index (κ1) is 33.6. The van der Waals surface area contributed by atoms with Crippen LogP contribution in [-0.4, -0.2) is 9.97 Å². The SMILES string of the molecule is c1ccc(N(c2ccccc2)c2ccc3c(c2)C2(c4cc(N(c5ccccc5)c5ccccc5)ccc4N3c3ccccc3)c3ncccc3-c3cccnc32)cc1. The molecule has 0 bridgehead atoms. The first-order chi connectivity index (χ1) is 28.8.